The van der Waals surface area contributed by atoms with Crippen LogP contribution in [-0.2, 0) is 14.8 Å². The van der Waals surface area contributed by atoms with E-state index in [0.717, 1.165) is 19.3 Å². The Morgan fingerprint density at radius 1 is 1.13 bits per heavy atom. The van der Waals surface area contributed by atoms with Crippen molar-refractivity contribution in [1.29, 1.82) is 0 Å². The summed E-state index contributed by atoms with van der Waals surface area (Å²) in [7, 11) is -3.53. The van der Waals surface area contributed by atoms with Crippen LogP contribution in [0, 0.1) is 17.8 Å². The maximum Gasteiger partial charge on any atom is 0.253 e. The van der Waals surface area contributed by atoms with Gasteiger partial charge in [-0.1, -0.05) is 19.9 Å². The van der Waals surface area contributed by atoms with Crippen molar-refractivity contribution in [3.05, 3.63) is 42.5 Å². The topological polar surface area (TPSA) is 66.9 Å². The van der Waals surface area contributed by atoms with E-state index in [1.54, 1.807) is 34.6 Å². The average molecular weight is 435 g/mol. The first kappa shape index (κ1) is 23.0. The molecule has 7 heteroatoms. The van der Waals surface area contributed by atoms with Crippen molar-refractivity contribution in [1.82, 2.24) is 9.21 Å². The second kappa shape index (κ2) is 10.1. The molecule has 0 N–H and O–H groups in total. The molecule has 1 amide bonds. The molecule has 0 aliphatic carbocycles. The van der Waals surface area contributed by atoms with E-state index in [-0.39, 0.29) is 10.8 Å². The number of benzene rings is 1. The van der Waals surface area contributed by atoms with Crippen molar-refractivity contribution >= 4 is 15.9 Å². The van der Waals surface area contributed by atoms with Crippen LogP contribution in [0.1, 0.15) is 43.5 Å². The summed E-state index contributed by atoms with van der Waals surface area (Å²) in [6.45, 7) is 11.6. The van der Waals surface area contributed by atoms with Gasteiger partial charge in [-0.25, -0.2) is 8.42 Å². The van der Waals surface area contributed by atoms with Crippen molar-refractivity contribution in [3.8, 4) is 0 Å². The lowest BCUT2D eigenvalue weighted by molar-refractivity contribution is 0.0575. The molecule has 2 aliphatic rings. The molecule has 1 aromatic rings. The van der Waals surface area contributed by atoms with E-state index in [9.17, 15) is 13.2 Å². The first-order valence-corrected chi connectivity index (χ1v) is 12.3. The summed E-state index contributed by atoms with van der Waals surface area (Å²) >= 11 is 0. The number of ether oxygens (including phenoxy) is 1. The van der Waals surface area contributed by atoms with E-state index in [1.807, 2.05) is 4.90 Å². The predicted octanol–water partition coefficient (Wildman–Crippen LogP) is 3.41. The molecule has 0 radical (unpaired) electrons. The maximum atomic E-state index is 13.0. The fourth-order valence-corrected chi connectivity index (χ4v) is 6.20. The van der Waals surface area contributed by atoms with Gasteiger partial charge in [0.2, 0.25) is 10.0 Å². The number of carbonyl (C=O) groups is 1. The number of piperidine rings is 2. The smallest absolute Gasteiger partial charge is 0.253 e. The van der Waals surface area contributed by atoms with E-state index in [2.05, 4.69) is 20.4 Å². The lowest BCUT2D eigenvalue weighted by Gasteiger charge is -2.34. The lowest BCUT2D eigenvalue weighted by atomic mass is 9.94. The molecule has 2 saturated heterocycles. The number of carbonyl (C=O) groups excluding carboxylic acids is 1. The van der Waals surface area contributed by atoms with Crippen LogP contribution < -0.4 is 0 Å². The summed E-state index contributed by atoms with van der Waals surface area (Å²) in [4.78, 5) is 14.9. The van der Waals surface area contributed by atoms with Gasteiger partial charge < -0.3 is 9.64 Å². The number of amides is 1. The van der Waals surface area contributed by atoms with Gasteiger partial charge in [0.05, 0.1) is 11.5 Å². The van der Waals surface area contributed by atoms with Crippen LogP contribution in [0.5, 0.6) is 0 Å². The van der Waals surface area contributed by atoms with Gasteiger partial charge in [0.25, 0.3) is 5.91 Å². The van der Waals surface area contributed by atoms with Crippen LogP contribution in [0.3, 0.4) is 0 Å². The quantitative estimate of drug-likeness (QED) is 0.487. The maximum absolute atomic E-state index is 13.0. The Hall–Kier alpha value is -1.70. The highest BCUT2D eigenvalue weighted by atomic mass is 32.2. The molecule has 2 unspecified atom stereocenters. The first-order chi connectivity index (χ1) is 14.3. The van der Waals surface area contributed by atoms with Gasteiger partial charge in [-0.15, -0.1) is 6.58 Å². The van der Waals surface area contributed by atoms with Crippen molar-refractivity contribution < 1.29 is 17.9 Å². The number of hydrogen-bond acceptors (Lipinski definition) is 4. The van der Waals surface area contributed by atoms with Crippen LogP contribution in [-0.4, -0.2) is 62.9 Å². The third-order valence-corrected chi connectivity index (χ3v) is 7.91. The van der Waals surface area contributed by atoms with Crippen molar-refractivity contribution in [2.75, 3.05) is 39.4 Å². The Bertz CT molecular complexity index is 819. The van der Waals surface area contributed by atoms with Gasteiger partial charge in [-0.05, 0) is 61.3 Å². The number of sulfonamides is 1. The average Bonchev–Trinajstić information content (AvgIpc) is 2.73. The minimum atomic E-state index is -3.53. The number of hydrogen-bond donors (Lipinski definition) is 0. The van der Waals surface area contributed by atoms with Gasteiger partial charge >= 0.3 is 0 Å². The molecule has 2 heterocycles. The Kier molecular flexibility index (Phi) is 7.71. The summed E-state index contributed by atoms with van der Waals surface area (Å²) in [5.41, 5.74) is 0.538. The highest BCUT2D eigenvalue weighted by molar-refractivity contribution is 7.89. The highest BCUT2D eigenvalue weighted by Gasteiger charge is 2.32. The summed E-state index contributed by atoms with van der Waals surface area (Å²) < 4.78 is 33.1. The van der Waals surface area contributed by atoms with Gasteiger partial charge in [-0.2, -0.15) is 4.31 Å². The SMILES string of the molecule is C=CCOCC1CCN(C(=O)c2ccc(S(=O)(=O)N3CC(C)CC(C)C3)cc2)CC1. The van der Waals surface area contributed by atoms with Crippen molar-refractivity contribution in [2.45, 2.75) is 38.0 Å². The summed E-state index contributed by atoms with van der Waals surface area (Å²) in [5, 5.41) is 0. The summed E-state index contributed by atoms with van der Waals surface area (Å²) in [5.74, 6) is 1.14. The molecule has 6 nitrogen and oxygen atoms in total. The van der Waals surface area contributed by atoms with E-state index in [0.29, 0.717) is 62.7 Å². The summed E-state index contributed by atoms with van der Waals surface area (Å²) in [6.07, 6.45) is 4.63. The van der Waals surface area contributed by atoms with Gasteiger partial charge in [0.15, 0.2) is 0 Å². The third-order valence-electron chi connectivity index (χ3n) is 6.07. The Morgan fingerprint density at radius 3 is 2.30 bits per heavy atom. The van der Waals surface area contributed by atoms with E-state index in [4.69, 9.17) is 4.74 Å². The molecule has 0 spiro atoms. The Labute approximate surface area is 180 Å². The standard InChI is InChI=1S/C23H34N2O4S/c1-4-13-29-17-20-9-11-24(12-10-20)23(26)21-5-7-22(8-6-21)30(27,28)25-15-18(2)14-19(3)16-25/h4-8,18-20H,1,9-17H2,2-3H3. The molecule has 0 aromatic heterocycles. The minimum absolute atomic E-state index is 0.0374. The Balaban J connectivity index is 1.60. The molecule has 0 saturated carbocycles. The second-order valence-electron chi connectivity index (χ2n) is 8.85. The highest BCUT2D eigenvalue weighted by Crippen LogP contribution is 2.27. The number of nitrogens with zero attached hydrogens (tertiary/aromatic N) is 2. The van der Waals surface area contributed by atoms with E-state index in [1.165, 1.54) is 0 Å². The molecule has 30 heavy (non-hydrogen) atoms. The third kappa shape index (κ3) is 5.50. The molecule has 166 valence electrons. The molecular formula is C23H34N2O4S. The lowest BCUT2D eigenvalue weighted by Crippen LogP contribution is -2.42. The minimum Gasteiger partial charge on any atom is -0.377 e. The normalized spacial score (nSPS) is 24.0. The fraction of sp³-hybridized carbons (Fsp3) is 0.609. The molecule has 2 aliphatic heterocycles. The Morgan fingerprint density at radius 2 is 1.73 bits per heavy atom. The van der Waals surface area contributed by atoms with Gasteiger partial charge in [-0.3, -0.25) is 4.79 Å². The monoisotopic (exact) mass is 434 g/mol. The molecule has 1 aromatic carbocycles. The molecule has 2 atom stereocenters. The molecule has 0 bridgehead atoms. The van der Waals surface area contributed by atoms with E-state index >= 15 is 0 Å². The zero-order valence-corrected chi connectivity index (χ0v) is 18.9. The van der Waals surface area contributed by atoms with Gasteiger partial charge in [0, 0.05) is 38.3 Å². The molecular weight excluding hydrogens is 400 g/mol. The van der Waals surface area contributed by atoms with Crippen LogP contribution in [0.4, 0.5) is 0 Å². The summed E-state index contributed by atoms with van der Waals surface area (Å²) in [6, 6.07) is 6.43. The molecule has 2 fully saturated rings. The predicted molar refractivity (Wildman–Crippen MR) is 118 cm³/mol. The van der Waals surface area contributed by atoms with Crippen molar-refractivity contribution in [2.24, 2.45) is 17.8 Å². The van der Waals surface area contributed by atoms with Crippen LogP contribution >= 0.6 is 0 Å². The van der Waals surface area contributed by atoms with E-state index < -0.39 is 10.0 Å². The first-order valence-electron chi connectivity index (χ1n) is 10.9. The number of likely N-dealkylation sites (tertiary alicyclic amines) is 1. The number of rotatable bonds is 7. The van der Waals surface area contributed by atoms with Crippen LogP contribution in [0.2, 0.25) is 0 Å². The zero-order chi connectivity index (χ0) is 21.7. The van der Waals surface area contributed by atoms with Crippen LogP contribution in [0.25, 0.3) is 0 Å². The fourth-order valence-electron chi connectivity index (χ4n) is 4.52. The van der Waals surface area contributed by atoms with Crippen molar-refractivity contribution in [3.63, 3.8) is 0 Å². The second-order valence-corrected chi connectivity index (χ2v) is 10.8. The van der Waals surface area contributed by atoms with Crippen LogP contribution in [0.15, 0.2) is 41.8 Å². The molecule has 3 rings (SSSR count). The zero-order valence-electron chi connectivity index (χ0n) is 18.1. The van der Waals surface area contributed by atoms with Gasteiger partial charge in [0.1, 0.15) is 0 Å². The largest absolute Gasteiger partial charge is 0.377 e.